The number of ketones is 1. The van der Waals surface area contributed by atoms with E-state index in [9.17, 15) is 27.7 Å². The van der Waals surface area contributed by atoms with E-state index in [1.807, 2.05) is 4.72 Å². The second-order valence-corrected chi connectivity index (χ2v) is 5.13. The van der Waals surface area contributed by atoms with E-state index in [0.717, 1.165) is 19.1 Å². The van der Waals surface area contributed by atoms with Crippen LogP contribution in [0.2, 0.25) is 0 Å². The van der Waals surface area contributed by atoms with Gasteiger partial charge in [0.05, 0.1) is 17.5 Å². The molecule has 0 atom stereocenters. The van der Waals surface area contributed by atoms with Crippen molar-refractivity contribution in [1.29, 1.82) is 0 Å². The summed E-state index contributed by atoms with van der Waals surface area (Å²) in [6.07, 6.45) is 0. The average molecular weight is 276 g/mol. The molecule has 98 valence electrons. The highest BCUT2D eigenvalue weighted by Crippen LogP contribution is 2.24. The molecule has 0 bridgehead atoms. The summed E-state index contributed by atoms with van der Waals surface area (Å²) in [5.74, 6) is -1.38. The Balaban J connectivity index is 3.24. The SMILES string of the molecule is CC(=O)CNS(=O)(=O)c1ccc(F)cc1[N+](=O)[O-]. The Labute approximate surface area is 102 Å². The molecule has 7 nitrogen and oxygen atoms in total. The number of carbonyl (C=O) groups is 1. The molecule has 18 heavy (non-hydrogen) atoms. The third-order valence-corrected chi connectivity index (χ3v) is 3.37. The van der Waals surface area contributed by atoms with Crippen LogP contribution in [0.5, 0.6) is 0 Å². The summed E-state index contributed by atoms with van der Waals surface area (Å²) in [6.45, 7) is 0.665. The Morgan fingerprint density at radius 2 is 2.11 bits per heavy atom. The number of hydrogen-bond acceptors (Lipinski definition) is 5. The van der Waals surface area contributed by atoms with Gasteiger partial charge in [-0.1, -0.05) is 0 Å². The number of halogens is 1. The lowest BCUT2D eigenvalue weighted by atomic mass is 10.3. The maximum absolute atomic E-state index is 12.8. The van der Waals surface area contributed by atoms with Gasteiger partial charge in [-0.15, -0.1) is 0 Å². The number of sulfonamides is 1. The van der Waals surface area contributed by atoms with E-state index in [2.05, 4.69) is 0 Å². The van der Waals surface area contributed by atoms with Crippen LogP contribution in [-0.4, -0.2) is 25.7 Å². The third-order valence-electron chi connectivity index (χ3n) is 1.92. The van der Waals surface area contributed by atoms with Gasteiger partial charge in [0.25, 0.3) is 5.69 Å². The Morgan fingerprint density at radius 1 is 1.50 bits per heavy atom. The van der Waals surface area contributed by atoms with Crippen LogP contribution >= 0.6 is 0 Å². The van der Waals surface area contributed by atoms with E-state index in [1.54, 1.807) is 0 Å². The smallest absolute Gasteiger partial charge is 0.292 e. The van der Waals surface area contributed by atoms with Crippen LogP contribution in [0.4, 0.5) is 10.1 Å². The number of benzene rings is 1. The van der Waals surface area contributed by atoms with Crippen LogP contribution in [0.25, 0.3) is 0 Å². The van der Waals surface area contributed by atoms with Gasteiger partial charge in [0.1, 0.15) is 11.6 Å². The van der Waals surface area contributed by atoms with Crippen molar-refractivity contribution in [3.63, 3.8) is 0 Å². The van der Waals surface area contributed by atoms with Crippen LogP contribution in [0.3, 0.4) is 0 Å². The van der Waals surface area contributed by atoms with Crippen LogP contribution in [0.15, 0.2) is 23.1 Å². The van der Waals surface area contributed by atoms with Crippen molar-refractivity contribution in [2.24, 2.45) is 0 Å². The van der Waals surface area contributed by atoms with Gasteiger partial charge in [-0.25, -0.2) is 17.5 Å². The molecule has 0 amide bonds. The molecular weight excluding hydrogens is 267 g/mol. The molecule has 0 aliphatic heterocycles. The fourth-order valence-electron chi connectivity index (χ4n) is 1.13. The molecule has 1 N–H and O–H groups in total. The van der Waals surface area contributed by atoms with E-state index < -0.39 is 43.7 Å². The number of nitrogens with one attached hydrogen (secondary N) is 1. The number of hydrogen-bond donors (Lipinski definition) is 1. The molecular formula is C9H9FN2O5S. The second kappa shape index (κ2) is 5.19. The normalized spacial score (nSPS) is 11.2. The number of nitro benzene ring substituents is 1. The lowest BCUT2D eigenvalue weighted by molar-refractivity contribution is -0.388. The summed E-state index contributed by atoms with van der Waals surface area (Å²) in [5, 5.41) is 10.6. The summed E-state index contributed by atoms with van der Waals surface area (Å²) in [6, 6.07) is 2.06. The van der Waals surface area contributed by atoms with Crippen molar-refractivity contribution in [3.05, 3.63) is 34.1 Å². The summed E-state index contributed by atoms with van der Waals surface area (Å²) in [7, 11) is -4.23. The molecule has 9 heteroatoms. The van der Waals surface area contributed by atoms with Crippen LogP contribution in [0, 0.1) is 15.9 Å². The molecule has 0 aliphatic carbocycles. The van der Waals surface area contributed by atoms with E-state index >= 15 is 0 Å². The molecule has 0 saturated carbocycles. The molecule has 0 aliphatic rings. The van der Waals surface area contributed by atoms with Gasteiger partial charge in [-0.3, -0.25) is 14.9 Å². The van der Waals surface area contributed by atoms with Crippen molar-refractivity contribution in [1.82, 2.24) is 4.72 Å². The highest BCUT2D eigenvalue weighted by molar-refractivity contribution is 7.89. The largest absolute Gasteiger partial charge is 0.299 e. The minimum Gasteiger partial charge on any atom is -0.299 e. The predicted molar refractivity (Wildman–Crippen MR) is 58.9 cm³/mol. The molecule has 0 saturated heterocycles. The molecule has 0 spiro atoms. The van der Waals surface area contributed by atoms with Crippen molar-refractivity contribution in [2.45, 2.75) is 11.8 Å². The first kappa shape index (κ1) is 14.2. The number of carbonyl (C=O) groups excluding carboxylic acids is 1. The Morgan fingerprint density at radius 3 is 2.61 bits per heavy atom. The molecule has 0 fully saturated rings. The standard InChI is InChI=1S/C9H9FN2O5S/c1-6(13)5-11-18(16,17)9-3-2-7(10)4-8(9)12(14)15/h2-4,11H,5H2,1H3. The molecule has 0 radical (unpaired) electrons. The Kier molecular flexibility index (Phi) is 4.09. The first-order valence-electron chi connectivity index (χ1n) is 4.67. The van der Waals surface area contributed by atoms with Crippen molar-refractivity contribution < 1.29 is 22.5 Å². The topological polar surface area (TPSA) is 106 Å². The summed E-state index contributed by atoms with van der Waals surface area (Å²) in [4.78, 5) is 19.6. The molecule has 1 aromatic carbocycles. The predicted octanol–water partition coefficient (Wildman–Crippen LogP) is 0.601. The summed E-state index contributed by atoms with van der Waals surface area (Å²) < 4.78 is 38.1. The lowest BCUT2D eigenvalue weighted by Gasteiger charge is -2.05. The van der Waals surface area contributed by atoms with Crippen LogP contribution in [-0.2, 0) is 14.8 Å². The maximum Gasteiger partial charge on any atom is 0.292 e. The number of rotatable bonds is 5. The summed E-state index contributed by atoms with van der Waals surface area (Å²) >= 11 is 0. The first-order chi connectivity index (χ1) is 8.24. The van der Waals surface area contributed by atoms with Gasteiger partial charge >= 0.3 is 0 Å². The van der Waals surface area contributed by atoms with Crippen LogP contribution in [0.1, 0.15) is 6.92 Å². The Bertz CT molecular complexity index is 599. The molecule has 0 heterocycles. The molecule has 0 unspecified atom stereocenters. The van der Waals surface area contributed by atoms with Gasteiger partial charge < -0.3 is 0 Å². The van der Waals surface area contributed by atoms with Crippen molar-refractivity contribution >= 4 is 21.5 Å². The quantitative estimate of drug-likeness (QED) is 0.626. The zero-order chi connectivity index (χ0) is 13.9. The summed E-state index contributed by atoms with van der Waals surface area (Å²) in [5.41, 5.74) is -0.883. The fourth-order valence-corrected chi connectivity index (χ4v) is 2.34. The third kappa shape index (κ3) is 3.31. The minimum absolute atomic E-state index is 0.455. The maximum atomic E-state index is 12.8. The Hall–Kier alpha value is -1.87. The van der Waals surface area contributed by atoms with Gasteiger partial charge in [-0.2, -0.15) is 0 Å². The second-order valence-electron chi connectivity index (χ2n) is 3.40. The van der Waals surface area contributed by atoms with E-state index in [1.165, 1.54) is 0 Å². The van der Waals surface area contributed by atoms with E-state index in [0.29, 0.717) is 6.07 Å². The van der Waals surface area contributed by atoms with E-state index in [4.69, 9.17) is 0 Å². The highest BCUT2D eigenvalue weighted by atomic mass is 32.2. The number of nitro groups is 1. The zero-order valence-electron chi connectivity index (χ0n) is 9.21. The van der Waals surface area contributed by atoms with Crippen molar-refractivity contribution in [3.8, 4) is 0 Å². The van der Waals surface area contributed by atoms with Gasteiger partial charge in [0.2, 0.25) is 10.0 Å². The monoisotopic (exact) mass is 276 g/mol. The fraction of sp³-hybridized carbons (Fsp3) is 0.222. The van der Waals surface area contributed by atoms with Gasteiger partial charge in [0, 0.05) is 0 Å². The molecule has 1 rings (SSSR count). The minimum atomic E-state index is -4.23. The molecule has 0 aromatic heterocycles. The highest BCUT2D eigenvalue weighted by Gasteiger charge is 2.26. The van der Waals surface area contributed by atoms with E-state index in [-0.39, 0.29) is 0 Å². The molecule has 1 aromatic rings. The first-order valence-corrected chi connectivity index (χ1v) is 6.15. The van der Waals surface area contributed by atoms with Crippen molar-refractivity contribution in [2.75, 3.05) is 6.54 Å². The number of nitrogens with zero attached hydrogens (tertiary/aromatic N) is 1. The average Bonchev–Trinajstić information content (AvgIpc) is 2.26. The van der Waals surface area contributed by atoms with Gasteiger partial charge in [0.15, 0.2) is 4.90 Å². The van der Waals surface area contributed by atoms with Gasteiger partial charge in [-0.05, 0) is 19.1 Å². The number of Topliss-reactive ketones (excluding diaryl/α,β-unsaturated/α-hetero) is 1. The van der Waals surface area contributed by atoms with Crippen LogP contribution < -0.4 is 4.72 Å². The zero-order valence-corrected chi connectivity index (χ0v) is 10.0. The lowest BCUT2D eigenvalue weighted by Crippen LogP contribution is -2.29.